The van der Waals surface area contributed by atoms with Crippen LogP contribution >= 0.6 is 24.0 Å². The molecule has 1 aliphatic heterocycles. The molecule has 0 aromatic heterocycles. The Balaban J connectivity index is 1.51. The summed E-state index contributed by atoms with van der Waals surface area (Å²) in [6, 6.07) is 13.8. The van der Waals surface area contributed by atoms with E-state index in [2.05, 4.69) is 32.9 Å². The number of rotatable bonds is 8. The van der Waals surface area contributed by atoms with Crippen LogP contribution in [0.1, 0.15) is 38.3 Å². The third-order valence-corrected chi connectivity index (χ3v) is 6.49. The van der Waals surface area contributed by atoms with E-state index in [1.807, 2.05) is 36.4 Å². The Morgan fingerprint density at radius 1 is 1.03 bits per heavy atom. The summed E-state index contributed by atoms with van der Waals surface area (Å²) in [6.45, 7) is 7.65. The summed E-state index contributed by atoms with van der Waals surface area (Å²) < 4.78 is 17.7. The standard InChI is InChI=1S/C25H29NO4S2/c1-25(2,3)18-8-10-19(11-9-18)29-13-6-14-30-20-12-7-17(15-21(20)28-5)16-22-23(27)26(4)24(31)32-22/h7-12,15-16H,6,13-14H2,1-5H3. The van der Waals surface area contributed by atoms with Gasteiger partial charge in [-0.05, 0) is 46.9 Å². The SMILES string of the molecule is COc1cc(C=C2SC(=S)N(C)C2=O)ccc1OCCCOc1ccc(C(C)(C)C)cc1. The zero-order valence-corrected chi connectivity index (χ0v) is 20.8. The minimum Gasteiger partial charge on any atom is -0.493 e. The maximum absolute atomic E-state index is 12.2. The molecule has 0 N–H and O–H groups in total. The van der Waals surface area contributed by atoms with Gasteiger partial charge in [-0.3, -0.25) is 9.69 Å². The van der Waals surface area contributed by atoms with Gasteiger partial charge < -0.3 is 14.2 Å². The normalized spacial score (nSPS) is 15.4. The molecule has 32 heavy (non-hydrogen) atoms. The number of carbonyl (C=O) groups is 1. The van der Waals surface area contributed by atoms with E-state index >= 15 is 0 Å². The highest BCUT2D eigenvalue weighted by molar-refractivity contribution is 8.26. The summed E-state index contributed by atoms with van der Waals surface area (Å²) in [4.78, 5) is 14.3. The molecule has 0 aliphatic carbocycles. The van der Waals surface area contributed by atoms with E-state index in [1.165, 1.54) is 22.2 Å². The van der Waals surface area contributed by atoms with Crippen molar-refractivity contribution in [3.63, 3.8) is 0 Å². The fraction of sp³-hybridized carbons (Fsp3) is 0.360. The molecule has 170 valence electrons. The van der Waals surface area contributed by atoms with Crippen molar-refractivity contribution in [1.82, 2.24) is 4.90 Å². The Bertz CT molecular complexity index is 1010. The number of carbonyl (C=O) groups excluding carboxylic acids is 1. The van der Waals surface area contributed by atoms with Gasteiger partial charge in [0.2, 0.25) is 0 Å². The molecule has 2 aromatic rings. The average Bonchev–Trinajstić information content (AvgIpc) is 3.00. The lowest BCUT2D eigenvalue weighted by molar-refractivity contribution is -0.121. The fourth-order valence-electron chi connectivity index (χ4n) is 3.07. The van der Waals surface area contributed by atoms with Crippen LogP contribution in [0.15, 0.2) is 47.4 Å². The van der Waals surface area contributed by atoms with E-state index in [1.54, 1.807) is 14.2 Å². The number of likely N-dealkylation sites (N-methyl/N-ethyl adjacent to an activating group) is 1. The number of nitrogens with zero attached hydrogens (tertiary/aromatic N) is 1. The lowest BCUT2D eigenvalue weighted by Crippen LogP contribution is -2.22. The summed E-state index contributed by atoms with van der Waals surface area (Å²) in [5, 5.41) is 0. The van der Waals surface area contributed by atoms with Gasteiger partial charge in [0.05, 0.1) is 25.2 Å². The molecule has 1 heterocycles. The molecule has 1 fully saturated rings. The molecule has 0 bridgehead atoms. The van der Waals surface area contributed by atoms with Gasteiger partial charge in [-0.15, -0.1) is 0 Å². The van der Waals surface area contributed by atoms with Gasteiger partial charge in [0.1, 0.15) is 10.1 Å². The monoisotopic (exact) mass is 471 g/mol. The predicted molar refractivity (Wildman–Crippen MR) is 135 cm³/mol. The summed E-state index contributed by atoms with van der Waals surface area (Å²) in [5.41, 5.74) is 2.27. The van der Waals surface area contributed by atoms with Gasteiger partial charge in [0.15, 0.2) is 11.5 Å². The Morgan fingerprint density at radius 3 is 2.31 bits per heavy atom. The van der Waals surface area contributed by atoms with E-state index in [4.69, 9.17) is 26.4 Å². The van der Waals surface area contributed by atoms with Crippen molar-refractivity contribution < 1.29 is 19.0 Å². The van der Waals surface area contributed by atoms with E-state index < -0.39 is 0 Å². The lowest BCUT2D eigenvalue weighted by Gasteiger charge is -2.19. The van der Waals surface area contributed by atoms with Gasteiger partial charge in [0.25, 0.3) is 5.91 Å². The van der Waals surface area contributed by atoms with Crippen molar-refractivity contribution in [2.24, 2.45) is 0 Å². The van der Waals surface area contributed by atoms with Crippen molar-refractivity contribution in [2.75, 3.05) is 27.4 Å². The molecule has 3 rings (SSSR count). The van der Waals surface area contributed by atoms with Crippen LogP contribution in [0.4, 0.5) is 0 Å². The van der Waals surface area contributed by atoms with Gasteiger partial charge in [-0.25, -0.2) is 0 Å². The smallest absolute Gasteiger partial charge is 0.265 e. The Labute approximate surface area is 199 Å². The molecule has 1 saturated heterocycles. The lowest BCUT2D eigenvalue weighted by atomic mass is 9.87. The first-order valence-electron chi connectivity index (χ1n) is 10.4. The first-order chi connectivity index (χ1) is 15.2. The minimum atomic E-state index is -0.0904. The van der Waals surface area contributed by atoms with Crippen LogP contribution in [0, 0.1) is 0 Å². The number of hydrogen-bond donors (Lipinski definition) is 0. The van der Waals surface area contributed by atoms with Gasteiger partial charge in [0, 0.05) is 13.5 Å². The number of thiocarbonyl (C=S) groups is 1. The van der Waals surface area contributed by atoms with Crippen LogP contribution < -0.4 is 14.2 Å². The maximum atomic E-state index is 12.2. The second kappa shape index (κ2) is 10.4. The molecule has 5 nitrogen and oxygen atoms in total. The highest BCUT2D eigenvalue weighted by atomic mass is 32.2. The molecule has 1 aliphatic rings. The van der Waals surface area contributed by atoms with Crippen LogP contribution in [-0.2, 0) is 10.2 Å². The number of benzene rings is 2. The first kappa shape index (κ1) is 24.1. The fourth-order valence-corrected chi connectivity index (χ4v) is 4.25. The third kappa shape index (κ3) is 6.04. The van der Waals surface area contributed by atoms with Crippen LogP contribution in [0.2, 0.25) is 0 Å². The minimum absolute atomic E-state index is 0.0904. The topological polar surface area (TPSA) is 48.0 Å². The van der Waals surface area contributed by atoms with Crippen LogP contribution in [-0.4, -0.2) is 42.5 Å². The summed E-state index contributed by atoms with van der Waals surface area (Å²) >= 11 is 6.47. The zero-order valence-electron chi connectivity index (χ0n) is 19.1. The number of amides is 1. The van der Waals surface area contributed by atoms with E-state index in [0.29, 0.717) is 33.9 Å². The zero-order chi connectivity index (χ0) is 23.3. The Morgan fingerprint density at radius 2 is 1.72 bits per heavy atom. The molecule has 0 atom stereocenters. The third-order valence-electron chi connectivity index (χ3n) is 5.01. The number of thioether (sulfide) groups is 1. The quantitative estimate of drug-likeness (QED) is 0.281. The highest BCUT2D eigenvalue weighted by Crippen LogP contribution is 2.34. The number of hydrogen-bond acceptors (Lipinski definition) is 6. The predicted octanol–water partition coefficient (Wildman–Crippen LogP) is 5.67. The second-order valence-corrected chi connectivity index (χ2v) is 10.2. The summed E-state index contributed by atoms with van der Waals surface area (Å²) in [5.74, 6) is 2.04. The molecular weight excluding hydrogens is 442 g/mol. The van der Waals surface area contributed by atoms with Gasteiger partial charge >= 0.3 is 0 Å². The van der Waals surface area contributed by atoms with E-state index in [0.717, 1.165) is 17.7 Å². The molecule has 0 unspecified atom stereocenters. The largest absolute Gasteiger partial charge is 0.493 e. The average molecular weight is 472 g/mol. The Kier molecular flexibility index (Phi) is 7.85. The second-order valence-electron chi connectivity index (χ2n) is 8.48. The van der Waals surface area contributed by atoms with Crippen LogP contribution in [0.5, 0.6) is 17.2 Å². The van der Waals surface area contributed by atoms with Crippen molar-refractivity contribution in [3.05, 3.63) is 58.5 Å². The van der Waals surface area contributed by atoms with Gasteiger partial charge in [-0.2, -0.15) is 0 Å². The van der Waals surface area contributed by atoms with Crippen LogP contribution in [0.3, 0.4) is 0 Å². The molecule has 0 spiro atoms. The Hall–Kier alpha value is -2.51. The molecule has 0 saturated carbocycles. The van der Waals surface area contributed by atoms with Gasteiger partial charge in [-0.1, -0.05) is 63.0 Å². The molecule has 2 aromatic carbocycles. The first-order valence-corrected chi connectivity index (χ1v) is 11.7. The molecular formula is C25H29NO4S2. The molecule has 7 heteroatoms. The summed E-state index contributed by atoms with van der Waals surface area (Å²) in [7, 11) is 3.28. The highest BCUT2D eigenvalue weighted by Gasteiger charge is 2.28. The number of ether oxygens (including phenoxy) is 3. The van der Waals surface area contributed by atoms with Crippen molar-refractivity contribution in [1.29, 1.82) is 0 Å². The van der Waals surface area contributed by atoms with Crippen molar-refractivity contribution in [2.45, 2.75) is 32.6 Å². The maximum Gasteiger partial charge on any atom is 0.265 e. The number of methoxy groups -OCH3 is 1. The van der Waals surface area contributed by atoms with Crippen LogP contribution in [0.25, 0.3) is 6.08 Å². The molecule has 1 amide bonds. The van der Waals surface area contributed by atoms with E-state index in [9.17, 15) is 4.79 Å². The molecule has 0 radical (unpaired) electrons. The van der Waals surface area contributed by atoms with E-state index in [-0.39, 0.29) is 11.3 Å². The summed E-state index contributed by atoms with van der Waals surface area (Å²) in [6.07, 6.45) is 2.55. The van der Waals surface area contributed by atoms with Crippen molar-refractivity contribution in [3.8, 4) is 17.2 Å². The van der Waals surface area contributed by atoms with Crippen molar-refractivity contribution >= 4 is 40.3 Å².